The normalized spacial score (nSPS) is 11.2. The van der Waals surface area contributed by atoms with Gasteiger partial charge in [0.25, 0.3) is 5.91 Å². The lowest BCUT2D eigenvalue weighted by Crippen LogP contribution is -2.27. The first-order valence-electron chi connectivity index (χ1n) is 7.36. The molecule has 0 saturated heterocycles. The highest BCUT2D eigenvalue weighted by Crippen LogP contribution is 2.27. The molecule has 0 bridgehead atoms. The minimum absolute atomic E-state index is 0.120. The largest absolute Gasteiger partial charge is 0.364 e. The van der Waals surface area contributed by atoms with Crippen molar-refractivity contribution < 1.29 is 4.79 Å². The average Bonchev–Trinajstić information content (AvgIpc) is 2.41. The fourth-order valence-electron chi connectivity index (χ4n) is 2.16. The Morgan fingerprint density at radius 2 is 1.83 bits per heavy atom. The first-order valence-corrected chi connectivity index (χ1v) is 7.73. The van der Waals surface area contributed by atoms with Gasteiger partial charge in [-0.2, -0.15) is 0 Å². The van der Waals surface area contributed by atoms with Crippen molar-refractivity contribution in [3.8, 4) is 0 Å². The summed E-state index contributed by atoms with van der Waals surface area (Å²) in [7, 11) is 0. The molecule has 122 valence electrons. The molecule has 2 N–H and O–H groups in total. The Morgan fingerprint density at radius 1 is 1.13 bits per heavy atom. The van der Waals surface area contributed by atoms with Gasteiger partial charge in [0.2, 0.25) is 0 Å². The van der Waals surface area contributed by atoms with Gasteiger partial charge in [0.15, 0.2) is 5.69 Å². The maximum Gasteiger partial charge on any atom is 0.276 e. The number of anilines is 2. The Kier molecular flexibility index (Phi) is 4.90. The van der Waals surface area contributed by atoms with E-state index in [2.05, 4.69) is 20.8 Å². The summed E-state index contributed by atoms with van der Waals surface area (Å²) in [5, 5.41) is 14.5. The van der Waals surface area contributed by atoms with Crippen molar-refractivity contribution in [2.24, 2.45) is 0 Å². The molecule has 0 atom stereocenters. The lowest BCUT2D eigenvalue weighted by atomic mass is 10.1. The summed E-state index contributed by atoms with van der Waals surface area (Å²) in [6, 6.07) is 7.14. The molecule has 0 aliphatic heterocycles. The highest BCUT2D eigenvalue weighted by molar-refractivity contribution is 6.34. The van der Waals surface area contributed by atoms with Crippen LogP contribution in [0.4, 0.5) is 11.5 Å². The van der Waals surface area contributed by atoms with Gasteiger partial charge in [-0.05, 0) is 63.9 Å². The van der Waals surface area contributed by atoms with Crippen LogP contribution in [0.5, 0.6) is 0 Å². The van der Waals surface area contributed by atoms with E-state index in [0.717, 1.165) is 11.1 Å². The van der Waals surface area contributed by atoms with Crippen LogP contribution in [0.15, 0.2) is 24.3 Å². The van der Waals surface area contributed by atoms with Gasteiger partial charge in [0.05, 0.1) is 10.7 Å². The summed E-state index contributed by atoms with van der Waals surface area (Å²) in [5.74, 6) is 0.285. The molecule has 1 heterocycles. The highest BCUT2D eigenvalue weighted by Gasteiger charge is 2.14. The maximum absolute atomic E-state index is 12.3. The van der Waals surface area contributed by atoms with E-state index in [1.165, 1.54) is 0 Å². The molecule has 2 aromatic rings. The van der Waals surface area contributed by atoms with Crippen LogP contribution in [-0.2, 0) is 0 Å². The van der Waals surface area contributed by atoms with Gasteiger partial charge in [-0.3, -0.25) is 4.79 Å². The Bertz CT molecular complexity index is 697. The SMILES string of the molecule is Cc1cc(C)c(NC(=O)c2ccc(NC(C)(C)C)nn2)c(Cl)c1. The third kappa shape index (κ3) is 4.66. The molecule has 1 amide bonds. The standard InChI is InChI=1S/C17H21ClN4O/c1-10-8-11(2)15(12(18)9-10)19-16(23)13-6-7-14(22-21-13)20-17(3,4)5/h6-9H,1-5H3,(H,19,23)(H,20,22). The topological polar surface area (TPSA) is 66.9 Å². The molecule has 0 radical (unpaired) electrons. The average molecular weight is 333 g/mol. The fraction of sp³-hybridized carbons (Fsp3) is 0.353. The van der Waals surface area contributed by atoms with Crippen molar-refractivity contribution in [2.45, 2.75) is 40.2 Å². The smallest absolute Gasteiger partial charge is 0.276 e. The fourth-order valence-corrected chi connectivity index (χ4v) is 2.52. The van der Waals surface area contributed by atoms with Gasteiger partial charge >= 0.3 is 0 Å². The summed E-state index contributed by atoms with van der Waals surface area (Å²) < 4.78 is 0. The highest BCUT2D eigenvalue weighted by atomic mass is 35.5. The van der Waals surface area contributed by atoms with Gasteiger partial charge in [-0.15, -0.1) is 10.2 Å². The van der Waals surface area contributed by atoms with Crippen LogP contribution in [0.3, 0.4) is 0 Å². The second-order valence-electron chi connectivity index (χ2n) is 6.57. The number of carbonyl (C=O) groups is 1. The monoisotopic (exact) mass is 332 g/mol. The summed E-state index contributed by atoms with van der Waals surface area (Å²) in [6.07, 6.45) is 0. The van der Waals surface area contributed by atoms with Crippen molar-refractivity contribution in [3.63, 3.8) is 0 Å². The first kappa shape index (κ1) is 17.2. The number of halogens is 1. The lowest BCUT2D eigenvalue weighted by molar-refractivity contribution is 0.102. The molecule has 0 unspecified atom stereocenters. The summed E-state index contributed by atoms with van der Waals surface area (Å²) >= 11 is 6.20. The number of hydrogen-bond acceptors (Lipinski definition) is 4. The molecule has 0 fully saturated rings. The van der Waals surface area contributed by atoms with E-state index in [1.54, 1.807) is 12.1 Å². The Balaban J connectivity index is 2.16. The summed E-state index contributed by atoms with van der Waals surface area (Å²) in [5.41, 5.74) is 2.66. The number of rotatable bonds is 3. The summed E-state index contributed by atoms with van der Waals surface area (Å²) in [6.45, 7) is 9.93. The predicted octanol–water partition coefficient (Wildman–Crippen LogP) is 4.21. The molecule has 0 saturated carbocycles. The van der Waals surface area contributed by atoms with Crippen LogP contribution in [0.1, 0.15) is 42.4 Å². The number of aromatic nitrogens is 2. The van der Waals surface area contributed by atoms with E-state index in [9.17, 15) is 4.79 Å². The van der Waals surface area contributed by atoms with Crippen LogP contribution < -0.4 is 10.6 Å². The number of nitrogens with one attached hydrogen (secondary N) is 2. The third-order valence-corrected chi connectivity index (χ3v) is 3.37. The number of nitrogens with zero attached hydrogens (tertiary/aromatic N) is 2. The van der Waals surface area contributed by atoms with Crippen molar-refractivity contribution >= 4 is 29.0 Å². The predicted molar refractivity (Wildman–Crippen MR) is 94.3 cm³/mol. The molecule has 0 aliphatic carbocycles. The van der Waals surface area contributed by atoms with E-state index in [1.807, 2.05) is 46.8 Å². The van der Waals surface area contributed by atoms with Crippen molar-refractivity contribution in [1.82, 2.24) is 10.2 Å². The molecule has 5 nitrogen and oxygen atoms in total. The maximum atomic E-state index is 12.3. The third-order valence-electron chi connectivity index (χ3n) is 3.07. The first-order chi connectivity index (χ1) is 10.7. The zero-order valence-corrected chi connectivity index (χ0v) is 14.7. The second kappa shape index (κ2) is 6.54. The number of aryl methyl sites for hydroxylation is 2. The van der Waals surface area contributed by atoms with E-state index < -0.39 is 0 Å². The minimum Gasteiger partial charge on any atom is -0.364 e. The molecule has 6 heteroatoms. The summed E-state index contributed by atoms with van der Waals surface area (Å²) in [4.78, 5) is 12.3. The molecular formula is C17H21ClN4O. The second-order valence-corrected chi connectivity index (χ2v) is 6.98. The van der Waals surface area contributed by atoms with Crippen LogP contribution in [-0.4, -0.2) is 21.6 Å². The van der Waals surface area contributed by atoms with Crippen LogP contribution in [0, 0.1) is 13.8 Å². The Labute approximate surface area is 141 Å². The lowest BCUT2D eigenvalue weighted by Gasteiger charge is -2.20. The zero-order chi connectivity index (χ0) is 17.2. The minimum atomic E-state index is -0.339. The van der Waals surface area contributed by atoms with Gasteiger partial charge in [-0.25, -0.2) is 0 Å². The quantitative estimate of drug-likeness (QED) is 0.883. The zero-order valence-electron chi connectivity index (χ0n) is 14.0. The van der Waals surface area contributed by atoms with Crippen molar-refractivity contribution in [1.29, 1.82) is 0 Å². The molecule has 0 spiro atoms. The van der Waals surface area contributed by atoms with E-state index in [-0.39, 0.29) is 17.1 Å². The molecule has 0 aliphatic rings. The number of amides is 1. The number of carbonyl (C=O) groups excluding carboxylic acids is 1. The van der Waals surface area contributed by atoms with Gasteiger partial charge in [0.1, 0.15) is 5.82 Å². The van der Waals surface area contributed by atoms with Crippen molar-refractivity contribution in [3.05, 3.63) is 46.1 Å². The van der Waals surface area contributed by atoms with Gasteiger partial charge in [0, 0.05) is 5.54 Å². The number of hydrogen-bond donors (Lipinski definition) is 2. The molecule has 1 aromatic heterocycles. The van der Waals surface area contributed by atoms with Crippen LogP contribution in [0.25, 0.3) is 0 Å². The van der Waals surface area contributed by atoms with Gasteiger partial charge in [-0.1, -0.05) is 17.7 Å². The number of benzene rings is 1. The molecule has 2 rings (SSSR count). The Morgan fingerprint density at radius 3 is 2.35 bits per heavy atom. The van der Waals surface area contributed by atoms with Gasteiger partial charge < -0.3 is 10.6 Å². The van der Waals surface area contributed by atoms with Crippen molar-refractivity contribution in [2.75, 3.05) is 10.6 Å². The molecule has 23 heavy (non-hydrogen) atoms. The van der Waals surface area contributed by atoms with E-state index in [0.29, 0.717) is 16.5 Å². The van der Waals surface area contributed by atoms with Crippen LogP contribution >= 0.6 is 11.6 Å². The van der Waals surface area contributed by atoms with E-state index >= 15 is 0 Å². The molecule has 1 aromatic carbocycles. The van der Waals surface area contributed by atoms with E-state index in [4.69, 9.17) is 11.6 Å². The Hall–Kier alpha value is -2.14. The molecular weight excluding hydrogens is 312 g/mol. The van der Waals surface area contributed by atoms with Crippen LogP contribution in [0.2, 0.25) is 5.02 Å².